The molecule has 72 valence electrons. The zero-order valence-electron chi connectivity index (χ0n) is 7.41. The van der Waals surface area contributed by atoms with E-state index in [4.69, 9.17) is 4.42 Å². The van der Waals surface area contributed by atoms with Crippen LogP contribution in [0, 0.1) is 6.01 Å². The normalized spacial score (nSPS) is 10.4. The molecule has 0 saturated heterocycles. The Hall–Kier alpha value is -1.84. The van der Waals surface area contributed by atoms with E-state index in [1.54, 1.807) is 12.1 Å². The van der Waals surface area contributed by atoms with Gasteiger partial charge in [0, 0.05) is 11.5 Å². The highest BCUT2D eigenvalue weighted by Gasteiger charge is 2.14. The Balaban J connectivity index is 2.70. The molecule has 0 aliphatic rings. The van der Waals surface area contributed by atoms with Gasteiger partial charge in [-0.15, -0.1) is 0 Å². The van der Waals surface area contributed by atoms with Crippen molar-refractivity contribution in [2.75, 3.05) is 7.11 Å². The molecule has 0 saturated carbocycles. The highest BCUT2D eigenvalue weighted by atomic mass is 19.1. The van der Waals surface area contributed by atoms with E-state index in [0.717, 1.165) is 0 Å². The number of hydrogen-bond donors (Lipinski definition) is 0. The van der Waals surface area contributed by atoms with Crippen molar-refractivity contribution in [3.05, 3.63) is 35.8 Å². The van der Waals surface area contributed by atoms with Crippen molar-refractivity contribution in [1.29, 1.82) is 0 Å². The number of hydrogen-bond acceptors (Lipinski definition) is 3. The maximum Gasteiger partial charge on any atom is 0.341 e. The van der Waals surface area contributed by atoms with E-state index in [1.807, 2.05) is 0 Å². The SMILES string of the molecule is COC(=O)c1cccc2cc(F)oc12. The number of para-hydroxylation sites is 1. The van der Waals surface area contributed by atoms with E-state index < -0.39 is 12.0 Å². The summed E-state index contributed by atoms with van der Waals surface area (Å²) in [7, 11) is 1.26. The molecule has 1 heterocycles. The summed E-state index contributed by atoms with van der Waals surface area (Å²) < 4.78 is 22.0. The highest BCUT2D eigenvalue weighted by Crippen LogP contribution is 2.22. The molecule has 0 spiro atoms. The Morgan fingerprint density at radius 1 is 1.50 bits per heavy atom. The second kappa shape index (κ2) is 3.14. The molecule has 0 aliphatic heterocycles. The first-order valence-electron chi connectivity index (χ1n) is 3.99. The van der Waals surface area contributed by atoms with Crippen LogP contribution in [0.25, 0.3) is 11.0 Å². The van der Waals surface area contributed by atoms with Crippen molar-refractivity contribution in [2.24, 2.45) is 0 Å². The predicted molar refractivity (Wildman–Crippen MR) is 47.5 cm³/mol. The summed E-state index contributed by atoms with van der Waals surface area (Å²) in [4.78, 5) is 11.2. The summed E-state index contributed by atoms with van der Waals surface area (Å²) in [6.45, 7) is 0. The van der Waals surface area contributed by atoms with Gasteiger partial charge in [0.1, 0.15) is 5.56 Å². The van der Waals surface area contributed by atoms with Crippen LogP contribution in [0.5, 0.6) is 0 Å². The Bertz CT molecular complexity index is 487. The van der Waals surface area contributed by atoms with Gasteiger partial charge in [0.2, 0.25) is 0 Å². The third-order valence-electron chi connectivity index (χ3n) is 1.92. The van der Waals surface area contributed by atoms with E-state index >= 15 is 0 Å². The van der Waals surface area contributed by atoms with Crippen LogP contribution in [-0.2, 0) is 4.74 Å². The van der Waals surface area contributed by atoms with Crippen LogP contribution in [0.4, 0.5) is 4.39 Å². The fraction of sp³-hybridized carbons (Fsp3) is 0.100. The molecule has 2 aromatic rings. The van der Waals surface area contributed by atoms with Crippen LogP contribution in [0.3, 0.4) is 0 Å². The van der Waals surface area contributed by atoms with Crippen LogP contribution >= 0.6 is 0 Å². The average Bonchev–Trinajstić information content (AvgIpc) is 2.56. The maximum atomic E-state index is 12.8. The third kappa shape index (κ3) is 1.25. The van der Waals surface area contributed by atoms with Gasteiger partial charge in [-0.2, -0.15) is 4.39 Å². The number of methoxy groups -OCH3 is 1. The molecule has 0 N–H and O–H groups in total. The highest BCUT2D eigenvalue weighted by molar-refractivity contribution is 6.01. The van der Waals surface area contributed by atoms with Crippen molar-refractivity contribution in [3.63, 3.8) is 0 Å². The van der Waals surface area contributed by atoms with Gasteiger partial charge in [-0.1, -0.05) is 12.1 Å². The van der Waals surface area contributed by atoms with E-state index in [-0.39, 0.29) is 11.1 Å². The van der Waals surface area contributed by atoms with Crippen molar-refractivity contribution in [1.82, 2.24) is 0 Å². The number of fused-ring (bicyclic) bond motifs is 1. The molecule has 1 aromatic carbocycles. The van der Waals surface area contributed by atoms with Crippen molar-refractivity contribution in [3.8, 4) is 0 Å². The lowest BCUT2D eigenvalue weighted by atomic mass is 10.1. The smallest absolute Gasteiger partial charge is 0.341 e. The Labute approximate surface area is 79.1 Å². The Morgan fingerprint density at radius 3 is 3.00 bits per heavy atom. The summed E-state index contributed by atoms with van der Waals surface area (Å²) in [5.41, 5.74) is 0.450. The van der Waals surface area contributed by atoms with Gasteiger partial charge < -0.3 is 9.15 Å². The lowest BCUT2D eigenvalue weighted by Gasteiger charge is -1.98. The number of esters is 1. The second-order valence-corrected chi connectivity index (χ2v) is 2.77. The first-order valence-corrected chi connectivity index (χ1v) is 3.99. The molecule has 0 amide bonds. The van der Waals surface area contributed by atoms with Crippen LogP contribution in [0.15, 0.2) is 28.7 Å². The number of carbonyl (C=O) groups is 1. The molecule has 14 heavy (non-hydrogen) atoms. The Kier molecular flexibility index (Phi) is 1.96. The zero-order valence-corrected chi connectivity index (χ0v) is 7.41. The molecule has 0 unspecified atom stereocenters. The Morgan fingerprint density at radius 2 is 2.29 bits per heavy atom. The van der Waals surface area contributed by atoms with Gasteiger partial charge in [-0.25, -0.2) is 4.79 Å². The average molecular weight is 194 g/mol. The molecule has 0 atom stereocenters. The first kappa shape index (κ1) is 8.74. The van der Waals surface area contributed by atoms with Gasteiger partial charge in [-0.3, -0.25) is 0 Å². The molecule has 1 aromatic heterocycles. The minimum Gasteiger partial charge on any atom is -0.465 e. The lowest BCUT2D eigenvalue weighted by Crippen LogP contribution is -2.00. The summed E-state index contributed by atoms with van der Waals surface area (Å²) in [6, 6.07) is 5.34. The van der Waals surface area contributed by atoms with E-state index in [9.17, 15) is 9.18 Å². The van der Waals surface area contributed by atoms with Crippen molar-refractivity contribution in [2.45, 2.75) is 0 Å². The lowest BCUT2D eigenvalue weighted by molar-refractivity contribution is 0.0601. The molecule has 0 radical (unpaired) electrons. The van der Waals surface area contributed by atoms with Crippen LogP contribution in [0.2, 0.25) is 0 Å². The minimum absolute atomic E-state index is 0.219. The van der Waals surface area contributed by atoms with Gasteiger partial charge >= 0.3 is 5.97 Å². The molecular formula is C10H7FO3. The molecule has 0 aliphatic carbocycles. The fourth-order valence-corrected chi connectivity index (χ4v) is 1.30. The second-order valence-electron chi connectivity index (χ2n) is 2.77. The standard InChI is InChI=1S/C10H7FO3/c1-13-10(12)7-4-2-3-6-5-8(11)14-9(6)7/h2-5H,1H3. The molecule has 3 nitrogen and oxygen atoms in total. The van der Waals surface area contributed by atoms with Crippen LogP contribution < -0.4 is 0 Å². The van der Waals surface area contributed by atoms with E-state index in [1.165, 1.54) is 19.2 Å². The monoisotopic (exact) mass is 194 g/mol. The number of ether oxygens (including phenoxy) is 1. The summed E-state index contributed by atoms with van der Waals surface area (Å²) in [5, 5.41) is 0.547. The summed E-state index contributed by atoms with van der Waals surface area (Å²) in [5.74, 6) is -0.537. The van der Waals surface area contributed by atoms with Gasteiger partial charge in [-0.05, 0) is 6.07 Å². The number of rotatable bonds is 1. The molecule has 0 fully saturated rings. The quantitative estimate of drug-likeness (QED) is 0.654. The topological polar surface area (TPSA) is 39.4 Å². The number of carbonyl (C=O) groups excluding carboxylic acids is 1. The van der Waals surface area contributed by atoms with Crippen molar-refractivity contribution < 1.29 is 18.3 Å². The number of benzene rings is 1. The minimum atomic E-state index is -0.712. The number of furan rings is 1. The number of halogens is 1. The van der Waals surface area contributed by atoms with Crippen molar-refractivity contribution >= 4 is 16.9 Å². The molecule has 4 heteroatoms. The molecular weight excluding hydrogens is 187 g/mol. The first-order chi connectivity index (χ1) is 6.72. The fourth-order valence-electron chi connectivity index (χ4n) is 1.30. The predicted octanol–water partition coefficient (Wildman–Crippen LogP) is 2.36. The summed E-state index contributed by atoms with van der Waals surface area (Å²) >= 11 is 0. The largest absolute Gasteiger partial charge is 0.465 e. The maximum absolute atomic E-state index is 12.8. The summed E-state index contributed by atoms with van der Waals surface area (Å²) in [6.07, 6.45) is 0. The molecule has 0 bridgehead atoms. The van der Waals surface area contributed by atoms with Gasteiger partial charge in [0.15, 0.2) is 5.58 Å². The van der Waals surface area contributed by atoms with Crippen LogP contribution in [-0.4, -0.2) is 13.1 Å². The zero-order chi connectivity index (χ0) is 10.1. The van der Waals surface area contributed by atoms with E-state index in [0.29, 0.717) is 5.39 Å². The van der Waals surface area contributed by atoms with Crippen LogP contribution in [0.1, 0.15) is 10.4 Å². The third-order valence-corrected chi connectivity index (χ3v) is 1.92. The van der Waals surface area contributed by atoms with Gasteiger partial charge in [0.25, 0.3) is 6.01 Å². The van der Waals surface area contributed by atoms with Gasteiger partial charge in [0.05, 0.1) is 7.11 Å². The molecule has 2 rings (SSSR count). The van der Waals surface area contributed by atoms with E-state index in [2.05, 4.69) is 4.74 Å².